The lowest BCUT2D eigenvalue weighted by Crippen LogP contribution is -2.27. The molecule has 146 valence electrons. The predicted octanol–water partition coefficient (Wildman–Crippen LogP) is 4.10. The predicted molar refractivity (Wildman–Crippen MR) is 93.5 cm³/mol. The van der Waals surface area contributed by atoms with Crippen molar-refractivity contribution in [3.8, 4) is 0 Å². The number of carbonyl (C=O) groups is 2. The maximum atomic E-state index is 12.8. The molecule has 1 amide bonds. The van der Waals surface area contributed by atoms with Gasteiger partial charge in [-0.3, -0.25) is 4.79 Å². The van der Waals surface area contributed by atoms with E-state index in [1.807, 2.05) is 0 Å². The molecule has 0 aliphatic heterocycles. The molecule has 0 aliphatic carbocycles. The second-order valence-electron chi connectivity index (χ2n) is 6.20. The monoisotopic (exact) mass is 382 g/mol. The zero-order chi connectivity index (χ0) is 20.4. The van der Waals surface area contributed by atoms with E-state index >= 15 is 0 Å². The lowest BCUT2D eigenvalue weighted by molar-refractivity contribution is -0.137. The Labute approximate surface area is 155 Å². The molecule has 0 bridgehead atoms. The van der Waals surface area contributed by atoms with Crippen molar-refractivity contribution in [2.45, 2.75) is 33.5 Å². The molecule has 0 spiro atoms. The van der Waals surface area contributed by atoms with Gasteiger partial charge in [0, 0.05) is 19.3 Å². The Hall–Kier alpha value is -2.77. The number of hydrogen-bond acceptors (Lipinski definition) is 3. The van der Waals surface area contributed by atoms with Crippen LogP contribution in [0.25, 0.3) is 0 Å². The fourth-order valence-electron chi connectivity index (χ4n) is 2.81. The van der Waals surface area contributed by atoms with Gasteiger partial charge in [0.1, 0.15) is 5.69 Å². The summed E-state index contributed by atoms with van der Waals surface area (Å²) in [6, 6.07) is 4.65. The average Bonchev–Trinajstić information content (AvgIpc) is 2.88. The Bertz CT molecular complexity index is 839. The van der Waals surface area contributed by atoms with Crippen LogP contribution >= 0.6 is 0 Å². The summed E-state index contributed by atoms with van der Waals surface area (Å²) in [5.74, 6) is -0.876. The standard InChI is InChI=1S/C19H21F3N2O3/c1-5-27-18(26)16-11(2)15(12(3)23-16)17(25)24(4)10-13-6-8-14(9-7-13)19(20,21)22/h6-9,23H,5,10H2,1-4H3. The van der Waals surface area contributed by atoms with Gasteiger partial charge in [-0.05, 0) is 44.0 Å². The van der Waals surface area contributed by atoms with Crippen molar-refractivity contribution < 1.29 is 27.5 Å². The Morgan fingerprint density at radius 3 is 2.26 bits per heavy atom. The Balaban J connectivity index is 2.19. The summed E-state index contributed by atoms with van der Waals surface area (Å²) in [7, 11) is 1.55. The van der Waals surface area contributed by atoms with Gasteiger partial charge < -0.3 is 14.6 Å². The number of H-pyrrole nitrogens is 1. The highest BCUT2D eigenvalue weighted by atomic mass is 19.4. The molecule has 1 aromatic carbocycles. The number of aryl methyl sites for hydroxylation is 1. The molecule has 0 aliphatic rings. The first-order chi connectivity index (χ1) is 12.6. The third kappa shape index (κ3) is 4.50. The topological polar surface area (TPSA) is 62.4 Å². The second kappa shape index (κ2) is 7.85. The first-order valence-corrected chi connectivity index (χ1v) is 8.34. The molecule has 2 rings (SSSR count). The van der Waals surface area contributed by atoms with Gasteiger partial charge in [0.2, 0.25) is 0 Å². The number of aromatic nitrogens is 1. The molecule has 0 atom stereocenters. The number of carbonyl (C=O) groups excluding carboxylic acids is 2. The number of nitrogens with one attached hydrogen (secondary N) is 1. The lowest BCUT2D eigenvalue weighted by atomic mass is 10.1. The minimum Gasteiger partial charge on any atom is -0.461 e. The zero-order valence-electron chi connectivity index (χ0n) is 15.5. The van der Waals surface area contributed by atoms with Crippen LogP contribution in [0.4, 0.5) is 13.2 Å². The zero-order valence-corrected chi connectivity index (χ0v) is 15.5. The highest BCUT2D eigenvalue weighted by Crippen LogP contribution is 2.29. The number of hydrogen-bond donors (Lipinski definition) is 1. The first kappa shape index (κ1) is 20.5. The van der Waals surface area contributed by atoms with Crippen LogP contribution in [0.15, 0.2) is 24.3 Å². The van der Waals surface area contributed by atoms with Crippen LogP contribution in [0.2, 0.25) is 0 Å². The quantitative estimate of drug-likeness (QED) is 0.792. The lowest BCUT2D eigenvalue weighted by Gasteiger charge is -2.18. The molecule has 1 N–H and O–H groups in total. The van der Waals surface area contributed by atoms with Gasteiger partial charge in [0.05, 0.1) is 17.7 Å². The van der Waals surface area contributed by atoms with Gasteiger partial charge in [-0.2, -0.15) is 13.2 Å². The summed E-state index contributed by atoms with van der Waals surface area (Å²) in [6.07, 6.45) is -4.40. The van der Waals surface area contributed by atoms with Gasteiger partial charge in [0.25, 0.3) is 5.91 Å². The normalized spacial score (nSPS) is 11.4. The number of nitrogens with zero attached hydrogens (tertiary/aromatic N) is 1. The summed E-state index contributed by atoms with van der Waals surface area (Å²) in [4.78, 5) is 29.0. The largest absolute Gasteiger partial charge is 0.461 e. The summed E-state index contributed by atoms with van der Waals surface area (Å²) < 4.78 is 42.9. The second-order valence-corrected chi connectivity index (χ2v) is 6.20. The molecule has 8 heteroatoms. The molecule has 2 aromatic rings. The van der Waals surface area contributed by atoms with Crippen LogP contribution < -0.4 is 0 Å². The molecular weight excluding hydrogens is 361 g/mol. The molecular formula is C19H21F3N2O3. The van der Waals surface area contributed by atoms with Crippen LogP contribution in [0.5, 0.6) is 0 Å². The van der Waals surface area contributed by atoms with E-state index in [2.05, 4.69) is 4.98 Å². The van der Waals surface area contributed by atoms with Crippen molar-refractivity contribution in [2.75, 3.05) is 13.7 Å². The van der Waals surface area contributed by atoms with E-state index in [1.165, 1.54) is 17.0 Å². The highest BCUT2D eigenvalue weighted by molar-refractivity contribution is 6.01. The minimum absolute atomic E-state index is 0.135. The Morgan fingerprint density at radius 1 is 1.15 bits per heavy atom. The van der Waals surface area contributed by atoms with Crippen molar-refractivity contribution in [3.05, 3.63) is 57.9 Å². The van der Waals surface area contributed by atoms with Crippen LogP contribution in [0.1, 0.15) is 50.2 Å². The highest BCUT2D eigenvalue weighted by Gasteiger charge is 2.30. The number of benzene rings is 1. The smallest absolute Gasteiger partial charge is 0.416 e. The Morgan fingerprint density at radius 2 is 1.74 bits per heavy atom. The number of ether oxygens (including phenoxy) is 1. The summed E-state index contributed by atoms with van der Waals surface area (Å²) in [5.41, 5.74) is 1.41. The summed E-state index contributed by atoms with van der Waals surface area (Å²) in [6.45, 7) is 5.36. The number of alkyl halides is 3. The van der Waals surface area contributed by atoms with Crippen molar-refractivity contribution in [3.63, 3.8) is 0 Å². The molecule has 5 nitrogen and oxygen atoms in total. The molecule has 27 heavy (non-hydrogen) atoms. The van der Waals surface area contributed by atoms with E-state index in [9.17, 15) is 22.8 Å². The molecule has 1 aromatic heterocycles. The fourth-order valence-corrected chi connectivity index (χ4v) is 2.81. The average molecular weight is 382 g/mol. The molecule has 1 heterocycles. The molecule has 0 radical (unpaired) electrons. The number of amides is 1. The number of esters is 1. The van der Waals surface area contributed by atoms with E-state index in [-0.39, 0.29) is 24.8 Å². The fraction of sp³-hybridized carbons (Fsp3) is 0.368. The van der Waals surface area contributed by atoms with E-state index in [4.69, 9.17) is 4.74 Å². The van der Waals surface area contributed by atoms with Gasteiger partial charge in [-0.1, -0.05) is 12.1 Å². The van der Waals surface area contributed by atoms with Gasteiger partial charge >= 0.3 is 12.1 Å². The maximum absolute atomic E-state index is 12.8. The van der Waals surface area contributed by atoms with E-state index < -0.39 is 17.7 Å². The molecule has 0 fully saturated rings. The molecule has 0 unspecified atom stereocenters. The van der Waals surface area contributed by atoms with Crippen molar-refractivity contribution in [1.82, 2.24) is 9.88 Å². The first-order valence-electron chi connectivity index (χ1n) is 8.34. The van der Waals surface area contributed by atoms with Gasteiger partial charge in [0.15, 0.2) is 0 Å². The SMILES string of the molecule is CCOC(=O)c1[nH]c(C)c(C(=O)N(C)Cc2ccc(C(F)(F)F)cc2)c1C. The Kier molecular flexibility index (Phi) is 5.98. The molecule has 0 saturated carbocycles. The number of rotatable bonds is 5. The van der Waals surface area contributed by atoms with Gasteiger partial charge in [-0.15, -0.1) is 0 Å². The summed E-state index contributed by atoms with van der Waals surface area (Å²) in [5, 5.41) is 0. The number of aromatic amines is 1. The van der Waals surface area contributed by atoms with E-state index in [0.717, 1.165) is 12.1 Å². The van der Waals surface area contributed by atoms with Crippen molar-refractivity contribution in [1.29, 1.82) is 0 Å². The van der Waals surface area contributed by atoms with Crippen LogP contribution in [0.3, 0.4) is 0 Å². The van der Waals surface area contributed by atoms with Crippen molar-refractivity contribution >= 4 is 11.9 Å². The third-order valence-corrected chi connectivity index (χ3v) is 4.18. The van der Waals surface area contributed by atoms with Crippen LogP contribution in [0, 0.1) is 13.8 Å². The van der Waals surface area contributed by atoms with Crippen LogP contribution in [-0.4, -0.2) is 35.4 Å². The van der Waals surface area contributed by atoms with E-state index in [0.29, 0.717) is 22.4 Å². The van der Waals surface area contributed by atoms with Gasteiger partial charge in [-0.25, -0.2) is 4.79 Å². The minimum atomic E-state index is -4.40. The number of halogens is 3. The third-order valence-electron chi connectivity index (χ3n) is 4.18. The molecule has 0 saturated heterocycles. The van der Waals surface area contributed by atoms with Crippen LogP contribution in [-0.2, 0) is 17.5 Å². The maximum Gasteiger partial charge on any atom is 0.416 e. The van der Waals surface area contributed by atoms with E-state index in [1.54, 1.807) is 27.8 Å². The van der Waals surface area contributed by atoms with Crippen molar-refractivity contribution in [2.24, 2.45) is 0 Å². The summed E-state index contributed by atoms with van der Waals surface area (Å²) >= 11 is 0.